The monoisotopic (exact) mass is 282 g/mol. The van der Waals surface area contributed by atoms with Crippen molar-refractivity contribution in [2.45, 2.75) is 12.7 Å². The number of pyridine rings is 1. The first-order chi connectivity index (χ1) is 9.50. The van der Waals surface area contributed by atoms with Gasteiger partial charge in [-0.05, 0) is 35.9 Å². The highest BCUT2D eigenvalue weighted by molar-refractivity contribution is 5.55. The van der Waals surface area contributed by atoms with Gasteiger partial charge in [0.2, 0.25) is 0 Å². The summed E-state index contributed by atoms with van der Waals surface area (Å²) in [5, 5.41) is 2.78. The fourth-order valence-electron chi connectivity index (χ4n) is 1.74. The summed E-state index contributed by atoms with van der Waals surface area (Å²) in [7, 11) is 1.33. The summed E-state index contributed by atoms with van der Waals surface area (Å²) >= 11 is 0. The number of alkyl halides is 3. The van der Waals surface area contributed by atoms with Crippen LogP contribution in [0.25, 0.3) is 0 Å². The summed E-state index contributed by atoms with van der Waals surface area (Å²) < 4.78 is 43.8. The van der Waals surface area contributed by atoms with Crippen molar-refractivity contribution in [3.8, 4) is 5.75 Å². The van der Waals surface area contributed by atoms with Gasteiger partial charge in [-0.3, -0.25) is 4.98 Å². The van der Waals surface area contributed by atoms with Crippen LogP contribution in [-0.4, -0.2) is 12.1 Å². The van der Waals surface area contributed by atoms with Crippen molar-refractivity contribution < 1.29 is 17.9 Å². The van der Waals surface area contributed by atoms with Gasteiger partial charge in [-0.15, -0.1) is 0 Å². The molecule has 0 atom stereocenters. The molecule has 3 nitrogen and oxygen atoms in total. The van der Waals surface area contributed by atoms with Crippen LogP contribution in [-0.2, 0) is 12.7 Å². The average Bonchev–Trinajstić information content (AvgIpc) is 2.45. The highest BCUT2D eigenvalue weighted by Crippen LogP contribution is 2.37. The minimum Gasteiger partial charge on any atom is -0.497 e. The number of rotatable bonds is 4. The summed E-state index contributed by atoms with van der Waals surface area (Å²) in [5.74, 6) is 0.173. The van der Waals surface area contributed by atoms with E-state index in [-0.39, 0.29) is 18.0 Å². The number of nitrogens with zero attached hydrogens (tertiary/aromatic N) is 1. The van der Waals surface area contributed by atoms with Crippen LogP contribution < -0.4 is 10.1 Å². The van der Waals surface area contributed by atoms with Gasteiger partial charge in [-0.1, -0.05) is 0 Å². The maximum absolute atomic E-state index is 13.0. The molecule has 0 fully saturated rings. The van der Waals surface area contributed by atoms with Crippen LogP contribution in [0.1, 0.15) is 11.1 Å². The van der Waals surface area contributed by atoms with Crippen molar-refractivity contribution in [3.63, 3.8) is 0 Å². The van der Waals surface area contributed by atoms with E-state index >= 15 is 0 Å². The molecule has 1 aromatic carbocycles. The van der Waals surface area contributed by atoms with E-state index in [2.05, 4.69) is 10.3 Å². The van der Waals surface area contributed by atoms with Crippen LogP contribution in [0.3, 0.4) is 0 Å². The molecule has 0 unspecified atom stereocenters. The largest absolute Gasteiger partial charge is 0.497 e. The van der Waals surface area contributed by atoms with Gasteiger partial charge in [-0.25, -0.2) is 0 Å². The summed E-state index contributed by atoms with van der Waals surface area (Å²) in [5.41, 5.74) is 0.130. The van der Waals surface area contributed by atoms with Crippen LogP contribution in [0.15, 0.2) is 42.7 Å². The Labute approximate surface area is 114 Å². The molecule has 0 spiro atoms. The lowest BCUT2D eigenvalue weighted by Gasteiger charge is -2.15. The van der Waals surface area contributed by atoms with Crippen molar-refractivity contribution in [1.82, 2.24) is 4.98 Å². The molecule has 1 aromatic heterocycles. The zero-order valence-electron chi connectivity index (χ0n) is 10.7. The number of halogens is 3. The van der Waals surface area contributed by atoms with Crippen molar-refractivity contribution in [3.05, 3.63) is 53.9 Å². The van der Waals surface area contributed by atoms with Crippen molar-refractivity contribution in [1.29, 1.82) is 0 Å². The minimum absolute atomic E-state index is 0.0233. The molecule has 0 saturated carbocycles. The number of hydrogen-bond acceptors (Lipinski definition) is 3. The highest BCUT2D eigenvalue weighted by Gasteiger charge is 2.34. The van der Waals surface area contributed by atoms with E-state index < -0.39 is 11.7 Å². The van der Waals surface area contributed by atoms with Crippen LogP contribution in [0, 0.1) is 0 Å². The third kappa shape index (κ3) is 3.40. The van der Waals surface area contributed by atoms with E-state index in [0.717, 1.165) is 11.6 Å². The molecule has 2 aromatic rings. The molecular formula is C14H13F3N2O. The fraction of sp³-hybridized carbons (Fsp3) is 0.214. The number of methoxy groups -OCH3 is 1. The predicted octanol–water partition coefficient (Wildman–Crippen LogP) is 3.72. The number of nitrogens with one attached hydrogen (secondary N) is 1. The molecule has 2 rings (SSSR count). The summed E-state index contributed by atoms with van der Waals surface area (Å²) in [4.78, 5) is 3.86. The first-order valence-electron chi connectivity index (χ1n) is 5.88. The van der Waals surface area contributed by atoms with Gasteiger partial charge < -0.3 is 10.1 Å². The Kier molecular flexibility index (Phi) is 4.12. The number of aromatic nitrogens is 1. The lowest BCUT2D eigenvalue weighted by Crippen LogP contribution is -2.11. The standard InChI is InChI=1S/C14H13F3N2O/c1-20-11-2-3-13(12(8-11)14(15,16)17)19-9-10-4-6-18-7-5-10/h2-8,19H,9H2,1H3. The van der Waals surface area contributed by atoms with Crippen molar-refractivity contribution in [2.24, 2.45) is 0 Å². The summed E-state index contributed by atoms with van der Waals surface area (Å²) in [6.07, 6.45) is -1.25. The third-order valence-electron chi connectivity index (χ3n) is 2.76. The van der Waals surface area contributed by atoms with E-state index in [1.807, 2.05) is 0 Å². The Hall–Kier alpha value is -2.24. The topological polar surface area (TPSA) is 34.1 Å². The lowest BCUT2D eigenvalue weighted by molar-refractivity contribution is -0.137. The van der Waals surface area contributed by atoms with E-state index in [1.165, 1.54) is 19.2 Å². The SMILES string of the molecule is COc1ccc(NCc2ccncc2)c(C(F)(F)F)c1. The highest BCUT2D eigenvalue weighted by atomic mass is 19.4. The molecule has 0 aliphatic heterocycles. The Balaban J connectivity index is 2.23. The van der Waals surface area contributed by atoms with Crippen molar-refractivity contribution >= 4 is 5.69 Å². The molecule has 0 bridgehead atoms. The smallest absolute Gasteiger partial charge is 0.418 e. The molecule has 20 heavy (non-hydrogen) atoms. The Morgan fingerprint density at radius 1 is 1.15 bits per heavy atom. The molecule has 6 heteroatoms. The lowest BCUT2D eigenvalue weighted by atomic mass is 10.1. The second-order valence-corrected chi connectivity index (χ2v) is 4.12. The van der Waals surface area contributed by atoms with Gasteiger partial charge in [0.05, 0.1) is 12.7 Å². The van der Waals surface area contributed by atoms with Gasteiger partial charge in [0.1, 0.15) is 5.75 Å². The van der Waals surface area contributed by atoms with Crippen LogP contribution >= 0.6 is 0 Å². The third-order valence-corrected chi connectivity index (χ3v) is 2.76. The second-order valence-electron chi connectivity index (χ2n) is 4.12. The Morgan fingerprint density at radius 2 is 1.85 bits per heavy atom. The van der Waals surface area contributed by atoms with E-state index in [0.29, 0.717) is 0 Å². The zero-order valence-corrected chi connectivity index (χ0v) is 10.7. The fourth-order valence-corrected chi connectivity index (χ4v) is 1.74. The van der Waals surface area contributed by atoms with Crippen molar-refractivity contribution in [2.75, 3.05) is 12.4 Å². The number of benzene rings is 1. The van der Waals surface area contributed by atoms with E-state index in [9.17, 15) is 13.2 Å². The Bertz CT molecular complexity index is 570. The maximum atomic E-state index is 13.0. The summed E-state index contributed by atoms with van der Waals surface area (Å²) in [6.45, 7) is 0.290. The van der Waals surface area contributed by atoms with Gasteiger partial charge in [0.15, 0.2) is 0 Å². The minimum atomic E-state index is -4.44. The van der Waals surface area contributed by atoms with E-state index in [4.69, 9.17) is 4.74 Å². The number of hydrogen-bond donors (Lipinski definition) is 1. The molecule has 0 saturated heterocycles. The van der Waals surface area contributed by atoms with E-state index in [1.54, 1.807) is 24.5 Å². The predicted molar refractivity (Wildman–Crippen MR) is 69.6 cm³/mol. The second kappa shape index (κ2) is 5.81. The van der Waals surface area contributed by atoms with Crippen LogP contribution in [0.4, 0.5) is 18.9 Å². The van der Waals surface area contributed by atoms with Gasteiger partial charge >= 0.3 is 6.18 Å². The zero-order chi connectivity index (χ0) is 14.6. The first-order valence-corrected chi connectivity index (χ1v) is 5.88. The Morgan fingerprint density at radius 3 is 2.45 bits per heavy atom. The maximum Gasteiger partial charge on any atom is 0.418 e. The molecule has 0 aliphatic carbocycles. The molecule has 1 heterocycles. The van der Waals surface area contributed by atoms with Crippen LogP contribution in [0.2, 0.25) is 0 Å². The van der Waals surface area contributed by atoms with Crippen LogP contribution in [0.5, 0.6) is 5.75 Å². The molecule has 106 valence electrons. The quantitative estimate of drug-likeness (QED) is 0.928. The first kappa shape index (κ1) is 14.2. The normalized spacial score (nSPS) is 11.2. The van der Waals surface area contributed by atoms with Gasteiger partial charge in [0.25, 0.3) is 0 Å². The molecular weight excluding hydrogens is 269 g/mol. The average molecular weight is 282 g/mol. The van der Waals surface area contributed by atoms with Gasteiger partial charge in [0, 0.05) is 24.6 Å². The number of anilines is 1. The number of ether oxygens (including phenoxy) is 1. The summed E-state index contributed by atoms with van der Waals surface area (Å²) in [6, 6.07) is 7.31. The molecule has 1 N–H and O–H groups in total. The molecule has 0 aliphatic rings. The molecule has 0 radical (unpaired) electrons. The molecule has 0 amide bonds. The van der Waals surface area contributed by atoms with Gasteiger partial charge in [-0.2, -0.15) is 13.2 Å².